The largest absolute Gasteiger partial charge is 0.481 e. The van der Waals surface area contributed by atoms with Crippen molar-refractivity contribution in [2.45, 2.75) is 45.6 Å². The number of rotatable bonds is 10. The molecule has 0 saturated carbocycles. The molecule has 2 unspecified atom stereocenters. The molecule has 33 heavy (non-hydrogen) atoms. The Hall–Kier alpha value is -3.35. The standard InChI is InChI=1S/C26H32N2O5/c1-4-17(13-24(29)27-14-22(16(2)3)25(30)31)28-26(32)33-15-23-20-11-7-5-9-18(20)19-10-6-8-12-21(19)23/h5-12,16-17,22-23H,4,13-15H2,1-3H3,(H,27,29)(H,28,32)(H,30,31). The van der Waals surface area contributed by atoms with E-state index in [0.29, 0.717) is 6.42 Å². The van der Waals surface area contributed by atoms with E-state index in [1.165, 1.54) is 0 Å². The van der Waals surface area contributed by atoms with Crippen molar-refractivity contribution in [1.29, 1.82) is 0 Å². The molecule has 2 aromatic carbocycles. The first-order chi connectivity index (χ1) is 15.8. The molecule has 7 nitrogen and oxygen atoms in total. The van der Waals surface area contributed by atoms with Crippen LogP contribution in [0.5, 0.6) is 0 Å². The molecule has 0 aliphatic heterocycles. The first-order valence-electron chi connectivity index (χ1n) is 11.4. The number of alkyl carbamates (subject to hydrolysis) is 1. The highest BCUT2D eigenvalue weighted by atomic mass is 16.5. The lowest BCUT2D eigenvalue weighted by atomic mass is 9.96. The Kier molecular flexibility index (Phi) is 8.09. The highest BCUT2D eigenvalue weighted by molar-refractivity contribution is 5.80. The summed E-state index contributed by atoms with van der Waals surface area (Å²) in [6.07, 6.45) is 0.0389. The lowest BCUT2D eigenvalue weighted by Crippen LogP contribution is -2.41. The normalized spacial score (nSPS) is 14.2. The maximum Gasteiger partial charge on any atom is 0.407 e. The Labute approximate surface area is 194 Å². The molecule has 1 aliphatic rings. The van der Waals surface area contributed by atoms with Crippen molar-refractivity contribution < 1.29 is 24.2 Å². The smallest absolute Gasteiger partial charge is 0.407 e. The van der Waals surface area contributed by atoms with E-state index in [1.807, 2.05) is 31.2 Å². The van der Waals surface area contributed by atoms with Gasteiger partial charge in [0.15, 0.2) is 0 Å². The van der Waals surface area contributed by atoms with Crippen LogP contribution in [0.15, 0.2) is 48.5 Å². The summed E-state index contributed by atoms with van der Waals surface area (Å²) in [7, 11) is 0. The molecule has 3 rings (SSSR count). The summed E-state index contributed by atoms with van der Waals surface area (Å²) < 4.78 is 5.56. The van der Waals surface area contributed by atoms with Gasteiger partial charge in [0.05, 0.1) is 5.92 Å². The first-order valence-corrected chi connectivity index (χ1v) is 11.4. The molecule has 3 N–H and O–H groups in total. The van der Waals surface area contributed by atoms with Crippen LogP contribution in [0.2, 0.25) is 0 Å². The molecule has 0 aromatic heterocycles. The monoisotopic (exact) mass is 452 g/mol. The molecule has 0 bridgehead atoms. The number of aliphatic carboxylic acids is 1. The molecule has 1 aliphatic carbocycles. The second-order valence-electron chi connectivity index (χ2n) is 8.77. The van der Waals surface area contributed by atoms with E-state index < -0.39 is 24.0 Å². The lowest BCUT2D eigenvalue weighted by Gasteiger charge is -2.20. The van der Waals surface area contributed by atoms with E-state index in [9.17, 15) is 19.5 Å². The summed E-state index contributed by atoms with van der Waals surface area (Å²) in [6.45, 7) is 5.75. The van der Waals surface area contributed by atoms with Crippen LogP contribution in [-0.2, 0) is 14.3 Å². The van der Waals surface area contributed by atoms with Crippen LogP contribution < -0.4 is 10.6 Å². The van der Waals surface area contributed by atoms with Gasteiger partial charge in [-0.3, -0.25) is 9.59 Å². The predicted molar refractivity (Wildman–Crippen MR) is 126 cm³/mol. The molecule has 0 heterocycles. The van der Waals surface area contributed by atoms with Gasteiger partial charge in [-0.2, -0.15) is 0 Å². The predicted octanol–water partition coefficient (Wildman–Crippen LogP) is 4.17. The number of carbonyl (C=O) groups excluding carboxylic acids is 2. The number of hydrogen-bond donors (Lipinski definition) is 3. The van der Waals surface area contributed by atoms with Gasteiger partial charge >= 0.3 is 12.1 Å². The minimum absolute atomic E-state index is 0.0319. The fourth-order valence-electron chi connectivity index (χ4n) is 4.23. The van der Waals surface area contributed by atoms with Crippen LogP contribution in [0.4, 0.5) is 4.79 Å². The SMILES string of the molecule is CCC(CC(=O)NCC(C(=O)O)C(C)C)NC(=O)OCC1c2ccccc2-c2ccccc21. The molecular weight excluding hydrogens is 420 g/mol. The fourth-order valence-corrected chi connectivity index (χ4v) is 4.23. The summed E-state index contributed by atoms with van der Waals surface area (Å²) >= 11 is 0. The Morgan fingerprint density at radius 3 is 2.09 bits per heavy atom. The zero-order valence-corrected chi connectivity index (χ0v) is 19.3. The number of amides is 2. The van der Waals surface area contributed by atoms with E-state index in [-0.39, 0.29) is 37.3 Å². The molecular formula is C26H32N2O5. The number of hydrogen-bond acceptors (Lipinski definition) is 4. The fraction of sp³-hybridized carbons (Fsp3) is 0.423. The number of benzene rings is 2. The quantitative estimate of drug-likeness (QED) is 0.502. The summed E-state index contributed by atoms with van der Waals surface area (Å²) in [5.74, 6) is -2.01. The molecule has 0 fully saturated rings. The van der Waals surface area contributed by atoms with Crippen molar-refractivity contribution in [3.05, 3.63) is 59.7 Å². The topological polar surface area (TPSA) is 105 Å². The first kappa shape index (κ1) is 24.3. The Morgan fingerprint density at radius 2 is 1.58 bits per heavy atom. The van der Waals surface area contributed by atoms with E-state index in [2.05, 4.69) is 34.9 Å². The van der Waals surface area contributed by atoms with Crippen molar-refractivity contribution in [2.75, 3.05) is 13.2 Å². The minimum Gasteiger partial charge on any atom is -0.481 e. The van der Waals surface area contributed by atoms with Crippen LogP contribution in [-0.4, -0.2) is 42.3 Å². The summed E-state index contributed by atoms with van der Waals surface area (Å²) in [5, 5.41) is 14.7. The van der Waals surface area contributed by atoms with E-state index in [0.717, 1.165) is 22.3 Å². The average Bonchev–Trinajstić information content (AvgIpc) is 3.10. The van der Waals surface area contributed by atoms with E-state index in [4.69, 9.17) is 4.74 Å². The van der Waals surface area contributed by atoms with Crippen molar-refractivity contribution in [1.82, 2.24) is 10.6 Å². The van der Waals surface area contributed by atoms with Gasteiger partial charge in [-0.25, -0.2) is 4.79 Å². The molecule has 2 amide bonds. The lowest BCUT2D eigenvalue weighted by molar-refractivity contribution is -0.143. The van der Waals surface area contributed by atoms with Crippen molar-refractivity contribution in [3.63, 3.8) is 0 Å². The number of fused-ring (bicyclic) bond motifs is 3. The third kappa shape index (κ3) is 5.92. The van der Waals surface area contributed by atoms with Crippen molar-refractivity contribution >= 4 is 18.0 Å². The number of carboxylic acids is 1. The minimum atomic E-state index is -0.936. The number of carbonyl (C=O) groups is 3. The van der Waals surface area contributed by atoms with Crippen LogP contribution in [0, 0.1) is 11.8 Å². The highest BCUT2D eigenvalue weighted by Crippen LogP contribution is 2.44. The Balaban J connectivity index is 1.53. The third-order valence-corrected chi connectivity index (χ3v) is 6.23. The van der Waals surface area contributed by atoms with Crippen LogP contribution in [0.1, 0.15) is 50.7 Å². The van der Waals surface area contributed by atoms with Crippen LogP contribution in [0.25, 0.3) is 11.1 Å². The van der Waals surface area contributed by atoms with E-state index >= 15 is 0 Å². The molecule has 0 saturated heterocycles. The van der Waals surface area contributed by atoms with Crippen molar-refractivity contribution in [3.8, 4) is 11.1 Å². The summed E-state index contributed by atoms with van der Waals surface area (Å²) in [4.78, 5) is 36.1. The molecule has 176 valence electrons. The van der Waals surface area contributed by atoms with Gasteiger partial charge in [-0.05, 0) is 34.6 Å². The van der Waals surface area contributed by atoms with Gasteiger partial charge in [0.2, 0.25) is 5.91 Å². The molecule has 7 heteroatoms. The summed E-state index contributed by atoms with van der Waals surface area (Å²) in [5.41, 5.74) is 4.59. The van der Waals surface area contributed by atoms with Gasteiger partial charge in [0, 0.05) is 24.9 Å². The second kappa shape index (κ2) is 11.0. The number of nitrogens with one attached hydrogen (secondary N) is 2. The molecule has 0 spiro atoms. The molecule has 2 aromatic rings. The second-order valence-corrected chi connectivity index (χ2v) is 8.77. The summed E-state index contributed by atoms with van der Waals surface area (Å²) in [6, 6.07) is 15.8. The van der Waals surface area contributed by atoms with Crippen LogP contribution >= 0.6 is 0 Å². The number of ether oxygens (including phenoxy) is 1. The highest BCUT2D eigenvalue weighted by Gasteiger charge is 2.29. The zero-order chi connectivity index (χ0) is 24.0. The molecule has 2 atom stereocenters. The van der Waals surface area contributed by atoms with Gasteiger partial charge < -0.3 is 20.5 Å². The van der Waals surface area contributed by atoms with E-state index in [1.54, 1.807) is 13.8 Å². The maximum atomic E-state index is 12.5. The Morgan fingerprint density at radius 1 is 1.00 bits per heavy atom. The average molecular weight is 453 g/mol. The zero-order valence-electron chi connectivity index (χ0n) is 19.3. The molecule has 0 radical (unpaired) electrons. The maximum absolute atomic E-state index is 12.5. The Bertz CT molecular complexity index is 958. The third-order valence-electron chi connectivity index (χ3n) is 6.23. The van der Waals surface area contributed by atoms with Gasteiger partial charge in [0.25, 0.3) is 0 Å². The van der Waals surface area contributed by atoms with Crippen molar-refractivity contribution in [2.24, 2.45) is 11.8 Å². The van der Waals surface area contributed by atoms with Gasteiger partial charge in [-0.1, -0.05) is 69.3 Å². The number of carboxylic acid groups (broad SMARTS) is 1. The van der Waals surface area contributed by atoms with Crippen LogP contribution in [0.3, 0.4) is 0 Å². The van der Waals surface area contributed by atoms with Gasteiger partial charge in [0.1, 0.15) is 6.61 Å². The van der Waals surface area contributed by atoms with Gasteiger partial charge in [-0.15, -0.1) is 0 Å².